The summed E-state index contributed by atoms with van der Waals surface area (Å²) in [6.45, 7) is 5.56. The van der Waals surface area contributed by atoms with Gasteiger partial charge in [0.2, 0.25) is 11.8 Å². The normalized spacial score (nSPS) is 12.5. The molecule has 0 aliphatic heterocycles. The van der Waals surface area contributed by atoms with E-state index in [1.165, 1.54) is 30.0 Å². The molecular weight excluding hydrogens is 444 g/mol. The summed E-state index contributed by atoms with van der Waals surface area (Å²) in [5.41, 5.74) is -0.703. The molecule has 3 rings (SSSR count). The van der Waals surface area contributed by atoms with Gasteiger partial charge in [0, 0.05) is 32.2 Å². The maximum absolute atomic E-state index is 14.6. The van der Waals surface area contributed by atoms with E-state index >= 15 is 0 Å². The van der Waals surface area contributed by atoms with Crippen molar-refractivity contribution in [3.63, 3.8) is 0 Å². The van der Waals surface area contributed by atoms with Gasteiger partial charge in [-0.2, -0.15) is 0 Å². The lowest BCUT2D eigenvalue weighted by molar-refractivity contribution is 0.0165. The quantitative estimate of drug-likeness (QED) is 0.446. The van der Waals surface area contributed by atoms with E-state index in [1.54, 1.807) is 13.8 Å². The first-order chi connectivity index (χ1) is 15.5. The standard InChI is InChI=1S/C22H22F4N4O3/c1-5-30(12(2)11-32-19-17(24)9-14(10-27-19)22(4,25)26)21(31)15-7-6-8-16(23)18(15)20-29-28-13(3)33-20/h6-10,12H,5,11H2,1-4H3/t12-/m0/s1. The molecule has 0 unspecified atom stereocenters. The lowest BCUT2D eigenvalue weighted by atomic mass is 10.0. The van der Waals surface area contributed by atoms with Gasteiger partial charge in [-0.1, -0.05) is 6.07 Å². The van der Waals surface area contributed by atoms with E-state index in [2.05, 4.69) is 15.2 Å². The number of likely N-dealkylation sites (N-methyl/N-ethyl adjacent to an activating group) is 1. The van der Waals surface area contributed by atoms with Crippen LogP contribution in [0.4, 0.5) is 17.6 Å². The molecule has 3 aromatic rings. The molecule has 176 valence electrons. The SMILES string of the molecule is CCN(C(=O)c1cccc(F)c1-c1nnc(C)o1)[C@@H](C)COc1ncc(C(C)(F)F)cc1F. The van der Waals surface area contributed by atoms with E-state index in [9.17, 15) is 22.4 Å². The summed E-state index contributed by atoms with van der Waals surface area (Å²) in [6, 6.07) is 4.04. The van der Waals surface area contributed by atoms with Crippen molar-refractivity contribution >= 4 is 5.91 Å². The molecule has 0 saturated heterocycles. The highest BCUT2D eigenvalue weighted by Crippen LogP contribution is 2.29. The van der Waals surface area contributed by atoms with Crippen LogP contribution in [0.2, 0.25) is 0 Å². The number of carbonyl (C=O) groups is 1. The number of halogens is 4. The highest BCUT2D eigenvalue weighted by atomic mass is 19.3. The van der Waals surface area contributed by atoms with Gasteiger partial charge in [-0.05, 0) is 32.0 Å². The number of carbonyl (C=O) groups excluding carboxylic acids is 1. The van der Waals surface area contributed by atoms with Crippen molar-refractivity contribution in [2.75, 3.05) is 13.2 Å². The minimum absolute atomic E-state index is 0.00573. The average Bonchev–Trinajstić information content (AvgIpc) is 3.18. The molecule has 2 heterocycles. The number of aromatic nitrogens is 3. The number of ether oxygens (including phenoxy) is 1. The van der Waals surface area contributed by atoms with Crippen LogP contribution in [0.5, 0.6) is 5.88 Å². The van der Waals surface area contributed by atoms with Crippen LogP contribution in [0.1, 0.15) is 42.6 Å². The van der Waals surface area contributed by atoms with Crippen molar-refractivity contribution in [2.24, 2.45) is 0 Å². The molecule has 0 N–H and O–H groups in total. The van der Waals surface area contributed by atoms with E-state index in [-0.39, 0.29) is 36.1 Å². The summed E-state index contributed by atoms with van der Waals surface area (Å²) in [5.74, 6) is -5.92. The molecule has 0 saturated carbocycles. The highest BCUT2D eigenvalue weighted by Gasteiger charge is 2.28. The Hall–Kier alpha value is -3.50. The molecule has 7 nitrogen and oxygen atoms in total. The van der Waals surface area contributed by atoms with Gasteiger partial charge in [-0.3, -0.25) is 4.79 Å². The van der Waals surface area contributed by atoms with Gasteiger partial charge < -0.3 is 14.1 Å². The van der Waals surface area contributed by atoms with Crippen molar-refractivity contribution in [2.45, 2.75) is 39.7 Å². The summed E-state index contributed by atoms with van der Waals surface area (Å²) in [4.78, 5) is 18.2. The Bertz CT molecular complexity index is 1150. The Morgan fingerprint density at radius 1 is 1.24 bits per heavy atom. The first-order valence-corrected chi connectivity index (χ1v) is 10.1. The molecule has 1 aromatic carbocycles. The van der Waals surface area contributed by atoms with Crippen molar-refractivity contribution in [3.8, 4) is 17.3 Å². The van der Waals surface area contributed by atoms with Crippen LogP contribution in [0.15, 0.2) is 34.9 Å². The Balaban J connectivity index is 1.80. The number of hydrogen-bond acceptors (Lipinski definition) is 6. The van der Waals surface area contributed by atoms with Crippen LogP contribution < -0.4 is 4.74 Å². The molecule has 0 bridgehead atoms. The fourth-order valence-electron chi connectivity index (χ4n) is 3.19. The Morgan fingerprint density at radius 3 is 2.55 bits per heavy atom. The summed E-state index contributed by atoms with van der Waals surface area (Å²) in [5, 5.41) is 7.48. The summed E-state index contributed by atoms with van der Waals surface area (Å²) in [6.07, 6.45) is 0.831. The summed E-state index contributed by atoms with van der Waals surface area (Å²) in [7, 11) is 0. The molecule has 0 spiro atoms. The van der Waals surface area contributed by atoms with E-state index in [0.29, 0.717) is 13.0 Å². The number of alkyl halides is 2. The van der Waals surface area contributed by atoms with Crippen molar-refractivity contribution in [3.05, 3.63) is 59.1 Å². The molecule has 0 fully saturated rings. The predicted octanol–water partition coefficient (Wildman–Crippen LogP) is 4.76. The van der Waals surface area contributed by atoms with Crippen LogP contribution in [0.25, 0.3) is 11.5 Å². The van der Waals surface area contributed by atoms with Gasteiger partial charge in [0.15, 0.2) is 5.82 Å². The molecule has 0 aliphatic rings. The van der Waals surface area contributed by atoms with Crippen LogP contribution in [0, 0.1) is 18.6 Å². The second kappa shape index (κ2) is 9.55. The van der Waals surface area contributed by atoms with Crippen LogP contribution in [-0.4, -0.2) is 45.2 Å². The third-order valence-corrected chi connectivity index (χ3v) is 4.89. The molecule has 33 heavy (non-hydrogen) atoms. The topological polar surface area (TPSA) is 81.4 Å². The van der Waals surface area contributed by atoms with Gasteiger partial charge in [0.1, 0.15) is 12.4 Å². The first-order valence-electron chi connectivity index (χ1n) is 10.1. The summed E-state index contributed by atoms with van der Waals surface area (Å²) >= 11 is 0. The second-order valence-corrected chi connectivity index (χ2v) is 7.44. The smallest absolute Gasteiger partial charge is 0.272 e. The van der Waals surface area contributed by atoms with Gasteiger partial charge in [0.05, 0.1) is 17.2 Å². The number of rotatable bonds is 8. The maximum atomic E-state index is 14.6. The zero-order valence-electron chi connectivity index (χ0n) is 18.4. The minimum atomic E-state index is -3.25. The first kappa shape index (κ1) is 24.1. The van der Waals surface area contributed by atoms with Crippen LogP contribution >= 0.6 is 0 Å². The largest absolute Gasteiger partial charge is 0.473 e. The molecule has 1 amide bonds. The Kier molecular flexibility index (Phi) is 6.99. The monoisotopic (exact) mass is 466 g/mol. The molecule has 0 radical (unpaired) electrons. The number of pyridine rings is 1. The minimum Gasteiger partial charge on any atom is -0.473 e. The number of amides is 1. The number of hydrogen-bond donors (Lipinski definition) is 0. The molecule has 2 aromatic heterocycles. The van der Waals surface area contributed by atoms with Gasteiger partial charge >= 0.3 is 0 Å². The number of aryl methyl sites for hydroxylation is 1. The van der Waals surface area contributed by atoms with Crippen LogP contribution in [0.3, 0.4) is 0 Å². The van der Waals surface area contributed by atoms with Gasteiger partial charge in [-0.25, -0.2) is 22.5 Å². The van der Waals surface area contributed by atoms with Gasteiger partial charge in [0.25, 0.3) is 17.7 Å². The summed E-state index contributed by atoms with van der Waals surface area (Å²) < 4.78 is 66.0. The fourth-order valence-corrected chi connectivity index (χ4v) is 3.19. The Labute approximate surface area is 187 Å². The predicted molar refractivity (Wildman–Crippen MR) is 110 cm³/mol. The van der Waals surface area contributed by atoms with E-state index in [4.69, 9.17) is 9.15 Å². The average molecular weight is 466 g/mol. The third-order valence-electron chi connectivity index (χ3n) is 4.89. The molecular formula is C22H22F4N4O3. The van der Waals surface area contributed by atoms with Crippen molar-refractivity contribution < 1.29 is 31.5 Å². The number of benzene rings is 1. The zero-order chi connectivity index (χ0) is 24.3. The van der Waals surface area contributed by atoms with E-state index < -0.39 is 40.9 Å². The van der Waals surface area contributed by atoms with Crippen molar-refractivity contribution in [1.82, 2.24) is 20.1 Å². The van der Waals surface area contributed by atoms with Gasteiger partial charge in [-0.15, -0.1) is 10.2 Å². The fraction of sp³-hybridized carbons (Fsp3) is 0.364. The second-order valence-electron chi connectivity index (χ2n) is 7.44. The highest BCUT2D eigenvalue weighted by molar-refractivity contribution is 6.00. The lowest BCUT2D eigenvalue weighted by Crippen LogP contribution is -2.42. The third kappa shape index (κ3) is 5.29. The van der Waals surface area contributed by atoms with Crippen LogP contribution in [-0.2, 0) is 5.92 Å². The van der Waals surface area contributed by atoms with Crippen molar-refractivity contribution in [1.29, 1.82) is 0 Å². The Morgan fingerprint density at radius 2 is 1.97 bits per heavy atom. The van der Waals surface area contributed by atoms with E-state index in [0.717, 1.165) is 6.20 Å². The molecule has 0 aliphatic carbocycles. The lowest BCUT2D eigenvalue weighted by Gasteiger charge is -2.28. The zero-order valence-corrected chi connectivity index (χ0v) is 18.4. The molecule has 1 atom stereocenters. The van der Waals surface area contributed by atoms with E-state index in [1.807, 2.05) is 0 Å². The molecule has 11 heteroatoms. The number of nitrogens with zero attached hydrogens (tertiary/aromatic N) is 4. The maximum Gasteiger partial charge on any atom is 0.272 e.